The topological polar surface area (TPSA) is 208 Å². The van der Waals surface area contributed by atoms with Gasteiger partial charge in [0, 0.05) is 67.6 Å². The molecule has 4 aliphatic rings. The molecular weight excluding hydrogens is 855 g/mol. The lowest BCUT2D eigenvalue weighted by molar-refractivity contribution is -0.121. The third-order valence-electron chi connectivity index (χ3n) is 12.6. The van der Waals surface area contributed by atoms with E-state index in [0.717, 1.165) is 74.7 Å². The minimum atomic E-state index is -0.565. The van der Waals surface area contributed by atoms with Crippen LogP contribution >= 0.6 is 11.8 Å². The molecule has 4 saturated heterocycles. The number of methoxy groups -OCH3 is 1. The number of rotatable bonds is 21. The average molecular weight is 924 g/mol. The van der Waals surface area contributed by atoms with Crippen molar-refractivity contribution in [3.05, 3.63) is 24.0 Å². The lowest BCUT2D eigenvalue weighted by Gasteiger charge is -2.35. The maximum absolute atomic E-state index is 12.9. The number of benzene rings is 1. The SMILES string of the molecule is COc1cc2c(N[C@@H]3CCCN(C(=O)OC(C)(C)C)C3)nc(N3CCCCC3)nc2cc1OCc1cn(CCOCCOCCNC(=O)CCCC[C@@H]2SC[C@]3(C)NC(=O)N[C@]23C)nn1. The third kappa shape index (κ3) is 12.5. The largest absolute Gasteiger partial charge is 0.493 e. The fraction of sp³-hybridized carbons (Fsp3) is 0.711. The number of likely N-dealkylation sites (tertiary alicyclic amines) is 1. The summed E-state index contributed by atoms with van der Waals surface area (Å²) in [4.78, 5) is 51.3. The summed E-state index contributed by atoms with van der Waals surface area (Å²) < 4.78 is 30.9. The van der Waals surface area contributed by atoms with E-state index in [1.54, 1.807) is 16.7 Å². The van der Waals surface area contributed by atoms with Gasteiger partial charge < -0.3 is 54.8 Å². The molecule has 4 amide bonds. The van der Waals surface area contributed by atoms with Gasteiger partial charge in [0.15, 0.2) is 11.5 Å². The van der Waals surface area contributed by atoms with Gasteiger partial charge in [0.05, 0.1) is 62.9 Å². The van der Waals surface area contributed by atoms with Crippen LogP contribution in [0.5, 0.6) is 11.5 Å². The normalized spacial score (nSPS) is 23.2. The first-order chi connectivity index (χ1) is 31.2. The van der Waals surface area contributed by atoms with Gasteiger partial charge in [0.25, 0.3) is 0 Å². The Hall–Kier alpha value is -4.82. The predicted molar refractivity (Wildman–Crippen MR) is 249 cm³/mol. The number of thioether (sulfide) groups is 1. The Kier molecular flexibility index (Phi) is 16.0. The van der Waals surface area contributed by atoms with E-state index in [9.17, 15) is 14.4 Å². The maximum atomic E-state index is 12.9. The minimum Gasteiger partial charge on any atom is -0.493 e. The van der Waals surface area contributed by atoms with Crippen molar-refractivity contribution in [1.82, 2.24) is 45.8 Å². The van der Waals surface area contributed by atoms with Gasteiger partial charge in [-0.15, -0.1) is 5.10 Å². The van der Waals surface area contributed by atoms with Crippen LogP contribution in [0.1, 0.15) is 98.1 Å². The molecule has 0 spiro atoms. The zero-order valence-electron chi connectivity index (χ0n) is 39.0. The van der Waals surface area contributed by atoms with Crippen molar-refractivity contribution in [2.75, 3.05) is 82.2 Å². The number of anilines is 2. The number of carbonyl (C=O) groups is 3. The van der Waals surface area contributed by atoms with Gasteiger partial charge in [-0.1, -0.05) is 11.6 Å². The molecular formula is C45H69N11O8S. The van der Waals surface area contributed by atoms with Gasteiger partial charge in [0.2, 0.25) is 11.9 Å². The number of fused-ring (bicyclic) bond motifs is 2. The van der Waals surface area contributed by atoms with Crippen LogP contribution in [0.15, 0.2) is 18.3 Å². The van der Waals surface area contributed by atoms with Gasteiger partial charge in [0.1, 0.15) is 23.7 Å². The Balaban J connectivity index is 0.821. The van der Waals surface area contributed by atoms with E-state index in [-0.39, 0.29) is 41.8 Å². The molecule has 4 N–H and O–H groups in total. The molecule has 20 heteroatoms. The molecule has 0 unspecified atom stereocenters. The smallest absolute Gasteiger partial charge is 0.410 e. The van der Waals surface area contributed by atoms with Gasteiger partial charge in [-0.25, -0.2) is 19.3 Å². The molecule has 4 atom stereocenters. The van der Waals surface area contributed by atoms with Crippen LogP contribution in [-0.2, 0) is 32.2 Å². The van der Waals surface area contributed by atoms with E-state index in [4.69, 9.17) is 33.7 Å². The van der Waals surface area contributed by atoms with Gasteiger partial charge in [-0.3, -0.25) is 4.79 Å². The van der Waals surface area contributed by atoms with E-state index >= 15 is 0 Å². The molecule has 7 rings (SSSR count). The highest BCUT2D eigenvalue weighted by Crippen LogP contribution is 2.47. The summed E-state index contributed by atoms with van der Waals surface area (Å²) in [5, 5.41) is 22.5. The van der Waals surface area contributed by atoms with Crippen LogP contribution in [0.25, 0.3) is 10.9 Å². The summed E-state index contributed by atoms with van der Waals surface area (Å²) in [5.41, 5.74) is 0.304. The van der Waals surface area contributed by atoms with Gasteiger partial charge in [-0.05, 0) is 85.6 Å². The molecule has 4 aliphatic heterocycles. The number of aromatic nitrogens is 5. The molecule has 1 aromatic carbocycles. The molecule has 4 fully saturated rings. The number of ether oxygens (including phenoxy) is 5. The van der Waals surface area contributed by atoms with Crippen LogP contribution in [0, 0.1) is 0 Å². The highest BCUT2D eigenvalue weighted by atomic mass is 32.2. The Morgan fingerprint density at radius 3 is 2.55 bits per heavy atom. The molecule has 0 radical (unpaired) electrons. The Labute approximate surface area is 386 Å². The summed E-state index contributed by atoms with van der Waals surface area (Å²) in [6, 6.07) is 3.68. The summed E-state index contributed by atoms with van der Waals surface area (Å²) >= 11 is 1.90. The van der Waals surface area contributed by atoms with E-state index < -0.39 is 5.60 Å². The fourth-order valence-electron chi connectivity index (χ4n) is 8.85. The molecule has 0 saturated carbocycles. The van der Waals surface area contributed by atoms with Crippen LogP contribution in [-0.4, -0.2) is 148 Å². The highest BCUT2D eigenvalue weighted by molar-refractivity contribution is 8.00. The molecule has 3 aromatic rings. The second-order valence-corrected chi connectivity index (χ2v) is 20.0. The Morgan fingerprint density at radius 2 is 1.77 bits per heavy atom. The van der Waals surface area contributed by atoms with Crippen molar-refractivity contribution in [1.29, 1.82) is 0 Å². The summed E-state index contributed by atoms with van der Waals surface area (Å²) in [6.07, 6.45) is 9.80. The molecule has 19 nitrogen and oxygen atoms in total. The molecule has 0 aliphatic carbocycles. The van der Waals surface area contributed by atoms with E-state index in [2.05, 4.69) is 50.3 Å². The fourth-order valence-corrected chi connectivity index (χ4v) is 10.7. The molecule has 0 bridgehead atoms. The van der Waals surface area contributed by atoms with Crippen molar-refractivity contribution in [2.45, 2.75) is 134 Å². The number of piperidine rings is 2. The first kappa shape index (κ1) is 48.1. The van der Waals surface area contributed by atoms with E-state index in [0.29, 0.717) is 93.2 Å². The Morgan fingerprint density at radius 1 is 0.969 bits per heavy atom. The second kappa shape index (κ2) is 21.7. The average Bonchev–Trinajstić information content (AvgIpc) is 3.90. The van der Waals surface area contributed by atoms with Crippen molar-refractivity contribution in [3.63, 3.8) is 0 Å². The zero-order valence-corrected chi connectivity index (χ0v) is 39.9. The van der Waals surface area contributed by atoms with Crippen LogP contribution in [0.2, 0.25) is 0 Å². The number of nitrogens with zero attached hydrogens (tertiary/aromatic N) is 7. The zero-order chi connectivity index (χ0) is 46.0. The van der Waals surface area contributed by atoms with Crippen molar-refractivity contribution >= 4 is 52.5 Å². The Bertz CT molecular complexity index is 2100. The highest BCUT2D eigenvalue weighted by Gasteiger charge is 2.60. The summed E-state index contributed by atoms with van der Waals surface area (Å²) in [6.45, 7) is 15.6. The predicted octanol–water partition coefficient (Wildman–Crippen LogP) is 5.27. The molecule has 2 aromatic heterocycles. The van der Waals surface area contributed by atoms with Crippen LogP contribution in [0.3, 0.4) is 0 Å². The first-order valence-electron chi connectivity index (χ1n) is 23.3. The first-order valence-corrected chi connectivity index (χ1v) is 24.3. The van der Waals surface area contributed by atoms with Gasteiger partial charge in [-0.2, -0.15) is 16.7 Å². The lowest BCUT2D eigenvalue weighted by Crippen LogP contribution is -2.58. The lowest BCUT2D eigenvalue weighted by atomic mass is 9.79. The summed E-state index contributed by atoms with van der Waals surface area (Å²) in [7, 11) is 1.61. The summed E-state index contributed by atoms with van der Waals surface area (Å²) in [5.74, 6) is 3.33. The van der Waals surface area contributed by atoms with E-state index in [1.165, 1.54) is 6.42 Å². The number of amides is 4. The minimum absolute atomic E-state index is 0.0221. The standard InChI is InChI=1S/C45H69N11O8S/c1-43(2,3)64-42(59)55-19-12-13-31(27-55)47-39-33-25-35(60-6)36(26-34(33)48-40(49-39)54-17-10-7-11-18-54)63-29-32-28-56(53-52-32)20-22-62-24-23-61-21-16-46-38(57)15-9-8-14-37-45(5)44(4,30-65-37)50-41(58)51-45/h25-26,28,31,37H,7-24,27,29-30H2,1-6H3,(H,46,57)(H,47,48,49)(H2,50,51,58)/t31-,37+,44+,45-/m1/s1. The number of hydrogen-bond acceptors (Lipinski definition) is 15. The number of unbranched alkanes of at least 4 members (excludes halogenated alkanes) is 1. The molecule has 65 heavy (non-hydrogen) atoms. The van der Waals surface area contributed by atoms with Crippen LogP contribution in [0.4, 0.5) is 21.4 Å². The maximum Gasteiger partial charge on any atom is 0.410 e. The van der Waals surface area contributed by atoms with E-state index in [1.807, 2.05) is 50.9 Å². The van der Waals surface area contributed by atoms with Crippen molar-refractivity contribution < 1.29 is 38.1 Å². The number of nitrogens with one attached hydrogen (secondary N) is 4. The molecule has 6 heterocycles. The number of urea groups is 1. The monoisotopic (exact) mass is 924 g/mol. The van der Waals surface area contributed by atoms with Crippen LogP contribution < -0.4 is 35.6 Å². The van der Waals surface area contributed by atoms with Crippen molar-refractivity contribution in [3.8, 4) is 11.5 Å². The second-order valence-electron chi connectivity index (χ2n) is 18.8. The van der Waals surface area contributed by atoms with Crippen molar-refractivity contribution in [2.24, 2.45) is 0 Å². The quantitative estimate of drug-likeness (QED) is 0.0794. The molecule has 358 valence electrons. The third-order valence-corrected chi connectivity index (χ3v) is 14.5. The number of hydrogen-bond donors (Lipinski definition) is 4. The van der Waals surface area contributed by atoms with Gasteiger partial charge >= 0.3 is 12.1 Å². The number of carbonyl (C=O) groups excluding carboxylic acids is 3.